The minimum atomic E-state index is -3.80. The summed E-state index contributed by atoms with van der Waals surface area (Å²) in [5, 5.41) is 1.16. The highest BCUT2D eigenvalue weighted by Crippen LogP contribution is 2.48. The zero-order chi connectivity index (χ0) is 17.6. The molecule has 0 aromatic heterocycles. The molecule has 4 rings (SSSR count). The molecule has 1 aliphatic carbocycles. The van der Waals surface area contributed by atoms with Crippen molar-refractivity contribution in [3.63, 3.8) is 0 Å². The summed E-state index contributed by atoms with van der Waals surface area (Å²) in [6.07, 6.45) is 1.48. The summed E-state index contributed by atoms with van der Waals surface area (Å²) in [6, 6.07) is 14.0. The molecule has 7 heteroatoms. The molecule has 0 bridgehead atoms. The molecule has 2 atom stereocenters. The van der Waals surface area contributed by atoms with E-state index < -0.39 is 22.4 Å². The van der Waals surface area contributed by atoms with Gasteiger partial charge in [0, 0.05) is 16.6 Å². The SMILES string of the molecule is O=S1(=O)O[C@H](c2cccc(Cl)c2)[C@@H](c2ccc(Cl)cc2)N1CC1CC1. The Kier molecular flexibility index (Phi) is 4.54. The van der Waals surface area contributed by atoms with Crippen LogP contribution < -0.4 is 0 Å². The van der Waals surface area contributed by atoms with Crippen LogP contribution in [-0.4, -0.2) is 19.3 Å². The molecule has 0 N–H and O–H groups in total. The maximum Gasteiger partial charge on any atom is 0.339 e. The topological polar surface area (TPSA) is 46.6 Å². The van der Waals surface area contributed by atoms with Gasteiger partial charge in [-0.3, -0.25) is 0 Å². The van der Waals surface area contributed by atoms with Gasteiger partial charge in [0.25, 0.3) is 0 Å². The Morgan fingerprint density at radius 1 is 1.00 bits per heavy atom. The van der Waals surface area contributed by atoms with Gasteiger partial charge in [-0.15, -0.1) is 0 Å². The Morgan fingerprint density at radius 2 is 1.72 bits per heavy atom. The van der Waals surface area contributed by atoms with Crippen LogP contribution in [0.1, 0.15) is 36.1 Å². The summed E-state index contributed by atoms with van der Waals surface area (Å²) in [7, 11) is -3.80. The highest BCUT2D eigenvalue weighted by Gasteiger charge is 2.49. The van der Waals surface area contributed by atoms with E-state index >= 15 is 0 Å². The van der Waals surface area contributed by atoms with E-state index in [9.17, 15) is 8.42 Å². The first-order valence-corrected chi connectivity index (χ1v) is 10.3. The van der Waals surface area contributed by atoms with Gasteiger partial charge in [0.2, 0.25) is 0 Å². The van der Waals surface area contributed by atoms with Gasteiger partial charge in [-0.05, 0) is 54.2 Å². The fourth-order valence-corrected chi connectivity index (χ4v) is 5.03. The van der Waals surface area contributed by atoms with E-state index in [-0.39, 0.29) is 0 Å². The van der Waals surface area contributed by atoms with Crippen LogP contribution in [0.2, 0.25) is 10.0 Å². The molecular weight excluding hydrogens is 381 g/mol. The van der Waals surface area contributed by atoms with Gasteiger partial charge >= 0.3 is 10.3 Å². The van der Waals surface area contributed by atoms with Gasteiger partial charge in [0.1, 0.15) is 6.10 Å². The normalized spacial score (nSPS) is 26.0. The lowest BCUT2D eigenvalue weighted by molar-refractivity contribution is 0.196. The second-order valence-electron chi connectivity index (χ2n) is 6.54. The van der Waals surface area contributed by atoms with E-state index in [4.69, 9.17) is 27.4 Å². The van der Waals surface area contributed by atoms with E-state index in [1.54, 1.807) is 30.3 Å². The summed E-state index contributed by atoms with van der Waals surface area (Å²) >= 11 is 12.1. The Bertz CT molecular complexity index is 881. The van der Waals surface area contributed by atoms with Crippen LogP contribution in [0, 0.1) is 5.92 Å². The fraction of sp³-hybridized carbons (Fsp3) is 0.333. The van der Waals surface area contributed by atoms with E-state index in [0.717, 1.165) is 24.0 Å². The summed E-state index contributed by atoms with van der Waals surface area (Å²) in [5.74, 6) is 0.409. The van der Waals surface area contributed by atoms with E-state index in [0.29, 0.717) is 22.5 Å². The van der Waals surface area contributed by atoms with Crippen LogP contribution in [0.5, 0.6) is 0 Å². The molecule has 0 spiro atoms. The maximum atomic E-state index is 12.7. The molecule has 4 nitrogen and oxygen atoms in total. The molecule has 2 aromatic rings. The van der Waals surface area contributed by atoms with E-state index in [1.165, 1.54) is 4.31 Å². The molecule has 25 heavy (non-hydrogen) atoms. The van der Waals surface area contributed by atoms with Crippen molar-refractivity contribution in [3.05, 3.63) is 69.7 Å². The number of rotatable bonds is 4. The fourth-order valence-electron chi connectivity index (χ4n) is 3.21. The van der Waals surface area contributed by atoms with E-state index in [1.807, 2.05) is 18.2 Å². The summed E-state index contributed by atoms with van der Waals surface area (Å²) in [6.45, 7) is 0.479. The van der Waals surface area contributed by atoms with E-state index in [2.05, 4.69) is 0 Å². The highest BCUT2D eigenvalue weighted by atomic mass is 35.5. The highest BCUT2D eigenvalue weighted by molar-refractivity contribution is 7.84. The number of hydrogen-bond donors (Lipinski definition) is 0. The molecule has 0 radical (unpaired) electrons. The van der Waals surface area contributed by atoms with Crippen molar-refractivity contribution in [2.45, 2.75) is 25.0 Å². The smallest absolute Gasteiger partial charge is 0.248 e. The van der Waals surface area contributed by atoms with Crippen LogP contribution in [0.3, 0.4) is 0 Å². The predicted molar refractivity (Wildman–Crippen MR) is 97.8 cm³/mol. The molecular formula is C18H17Cl2NO3S. The van der Waals surface area contributed by atoms with Crippen molar-refractivity contribution >= 4 is 33.5 Å². The van der Waals surface area contributed by atoms with Crippen LogP contribution in [0.25, 0.3) is 0 Å². The van der Waals surface area contributed by atoms with Crippen molar-refractivity contribution in [2.24, 2.45) is 5.92 Å². The lowest BCUT2D eigenvalue weighted by Crippen LogP contribution is -2.30. The summed E-state index contributed by atoms with van der Waals surface area (Å²) < 4.78 is 32.4. The minimum absolute atomic E-state index is 0.409. The van der Waals surface area contributed by atoms with Gasteiger partial charge < -0.3 is 0 Å². The van der Waals surface area contributed by atoms with Crippen LogP contribution in [0.15, 0.2) is 48.5 Å². The summed E-state index contributed by atoms with van der Waals surface area (Å²) in [4.78, 5) is 0. The molecule has 2 aromatic carbocycles. The van der Waals surface area contributed by atoms with Crippen molar-refractivity contribution in [3.8, 4) is 0 Å². The van der Waals surface area contributed by atoms with Gasteiger partial charge in [-0.1, -0.05) is 47.5 Å². The molecule has 2 aliphatic rings. The summed E-state index contributed by atoms with van der Waals surface area (Å²) in [5.41, 5.74) is 1.60. The average molecular weight is 398 g/mol. The van der Waals surface area contributed by atoms with Gasteiger partial charge in [-0.25, -0.2) is 4.18 Å². The Balaban J connectivity index is 1.79. The zero-order valence-corrected chi connectivity index (χ0v) is 15.6. The largest absolute Gasteiger partial charge is 0.339 e. The third-order valence-electron chi connectivity index (χ3n) is 4.63. The molecule has 1 saturated heterocycles. The molecule has 132 valence electrons. The van der Waals surface area contributed by atoms with Gasteiger partial charge in [-0.2, -0.15) is 12.7 Å². The molecule has 0 unspecified atom stereocenters. The van der Waals surface area contributed by atoms with Crippen molar-refractivity contribution in [1.29, 1.82) is 0 Å². The molecule has 1 heterocycles. The maximum absolute atomic E-state index is 12.7. The average Bonchev–Trinajstić information content (AvgIpc) is 3.34. The van der Waals surface area contributed by atoms with Crippen molar-refractivity contribution in [1.82, 2.24) is 4.31 Å². The Hall–Kier alpha value is -1.11. The monoisotopic (exact) mass is 397 g/mol. The van der Waals surface area contributed by atoms with Gasteiger partial charge in [0.05, 0.1) is 6.04 Å². The second-order valence-corrected chi connectivity index (χ2v) is 8.93. The second kappa shape index (κ2) is 6.56. The Morgan fingerprint density at radius 3 is 2.36 bits per heavy atom. The molecule has 1 saturated carbocycles. The molecule has 1 aliphatic heterocycles. The Labute approximate surface area is 157 Å². The van der Waals surface area contributed by atoms with Crippen molar-refractivity contribution < 1.29 is 12.6 Å². The van der Waals surface area contributed by atoms with Crippen molar-refractivity contribution in [2.75, 3.05) is 6.54 Å². The van der Waals surface area contributed by atoms with Crippen LogP contribution in [-0.2, 0) is 14.5 Å². The first-order valence-electron chi connectivity index (χ1n) is 8.15. The number of nitrogens with zero attached hydrogens (tertiary/aromatic N) is 1. The van der Waals surface area contributed by atoms with Gasteiger partial charge in [0.15, 0.2) is 0 Å². The lowest BCUT2D eigenvalue weighted by Gasteiger charge is -2.24. The number of benzene rings is 2. The molecule has 0 amide bonds. The lowest BCUT2D eigenvalue weighted by atomic mass is 9.95. The third kappa shape index (κ3) is 3.57. The first kappa shape index (κ1) is 17.3. The number of hydrogen-bond acceptors (Lipinski definition) is 3. The minimum Gasteiger partial charge on any atom is -0.248 e. The van der Waals surface area contributed by atoms with Crippen LogP contribution in [0.4, 0.5) is 0 Å². The molecule has 2 fully saturated rings. The predicted octanol–water partition coefficient (Wildman–Crippen LogP) is 4.76. The quantitative estimate of drug-likeness (QED) is 0.746. The standard InChI is InChI=1S/C18H17Cl2NO3S/c19-15-8-6-13(7-9-15)17-18(14-2-1-3-16(20)10-14)24-25(22,23)21(17)11-12-4-5-12/h1-3,6-10,12,17-18H,4-5,11H2/t17-,18-/m1/s1. The first-order chi connectivity index (χ1) is 11.9. The third-order valence-corrected chi connectivity index (χ3v) is 6.52. The zero-order valence-electron chi connectivity index (χ0n) is 13.3. The van der Waals surface area contributed by atoms with Crippen LogP contribution >= 0.6 is 23.2 Å². The number of halogens is 2.